The fourth-order valence-electron chi connectivity index (χ4n) is 3.20. The number of halogens is 1. The highest BCUT2D eigenvalue weighted by Gasteiger charge is 2.23. The smallest absolute Gasteiger partial charge is 0.224 e. The van der Waals surface area contributed by atoms with Gasteiger partial charge in [-0.3, -0.25) is 9.69 Å². The molecule has 138 valence electrons. The molecule has 0 unspecified atom stereocenters. The number of nitrogens with zero attached hydrogens (tertiary/aromatic N) is 1. The summed E-state index contributed by atoms with van der Waals surface area (Å²) in [6.45, 7) is 5.91. The van der Waals surface area contributed by atoms with Gasteiger partial charge in [0.25, 0.3) is 0 Å². The third-order valence-electron chi connectivity index (χ3n) is 4.72. The minimum absolute atomic E-state index is 0.0256. The lowest BCUT2D eigenvalue weighted by Crippen LogP contribution is -2.44. The Kier molecular flexibility index (Phi) is 6.67. The van der Waals surface area contributed by atoms with Crippen LogP contribution in [0.3, 0.4) is 0 Å². The molecule has 4 nitrogen and oxygen atoms in total. The van der Waals surface area contributed by atoms with Gasteiger partial charge >= 0.3 is 0 Å². The average Bonchev–Trinajstić information content (AvgIpc) is 2.66. The molecule has 1 heterocycles. The molecular formula is C21H25ClN2O2. The van der Waals surface area contributed by atoms with Gasteiger partial charge in [-0.2, -0.15) is 0 Å². The molecule has 1 amide bonds. The zero-order valence-electron chi connectivity index (χ0n) is 15.1. The van der Waals surface area contributed by atoms with Crippen LogP contribution in [0.2, 0.25) is 5.02 Å². The van der Waals surface area contributed by atoms with E-state index >= 15 is 0 Å². The normalized spacial score (nSPS) is 16.2. The fraction of sp³-hybridized carbons (Fsp3) is 0.381. The van der Waals surface area contributed by atoms with Crippen LogP contribution in [0.15, 0.2) is 48.5 Å². The number of hydrogen-bond donors (Lipinski definition) is 1. The highest BCUT2D eigenvalue weighted by molar-refractivity contribution is 6.30. The van der Waals surface area contributed by atoms with Gasteiger partial charge in [0, 0.05) is 24.7 Å². The number of carbonyl (C=O) groups excluding carboxylic acids is 1. The first-order valence-corrected chi connectivity index (χ1v) is 9.39. The van der Waals surface area contributed by atoms with E-state index in [2.05, 4.69) is 41.4 Å². The maximum Gasteiger partial charge on any atom is 0.224 e. The van der Waals surface area contributed by atoms with Crippen molar-refractivity contribution in [3.63, 3.8) is 0 Å². The number of rotatable bonds is 6. The Balaban J connectivity index is 1.64. The highest BCUT2D eigenvalue weighted by atomic mass is 35.5. The van der Waals surface area contributed by atoms with Crippen molar-refractivity contribution in [3.8, 4) is 0 Å². The van der Waals surface area contributed by atoms with E-state index in [1.165, 1.54) is 11.1 Å². The quantitative estimate of drug-likeness (QED) is 0.845. The third-order valence-corrected chi connectivity index (χ3v) is 4.97. The lowest BCUT2D eigenvalue weighted by Gasteiger charge is -2.35. The third kappa shape index (κ3) is 5.31. The van der Waals surface area contributed by atoms with E-state index in [1.807, 2.05) is 24.3 Å². The van der Waals surface area contributed by atoms with Gasteiger partial charge in [0.2, 0.25) is 5.91 Å². The van der Waals surface area contributed by atoms with Gasteiger partial charge in [0.1, 0.15) is 0 Å². The Bertz CT molecular complexity index is 710. The second-order valence-electron chi connectivity index (χ2n) is 6.68. The molecule has 0 radical (unpaired) electrons. The Morgan fingerprint density at radius 2 is 1.77 bits per heavy atom. The molecule has 0 aromatic heterocycles. The number of amides is 1. The van der Waals surface area contributed by atoms with Crippen LogP contribution in [0.5, 0.6) is 0 Å². The first kappa shape index (κ1) is 18.9. The number of nitrogens with one attached hydrogen (secondary N) is 1. The molecule has 26 heavy (non-hydrogen) atoms. The van der Waals surface area contributed by atoms with Crippen molar-refractivity contribution < 1.29 is 9.53 Å². The van der Waals surface area contributed by atoms with E-state index < -0.39 is 0 Å². The molecule has 1 saturated heterocycles. The Morgan fingerprint density at radius 3 is 2.42 bits per heavy atom. The number of hydrogen-bond acceptors (Lipinski definition) is 3. The van der Waals surface area contributed by atoms with E-state index in [4.69, 9.17) is 16.3 Å². The second-order valence-corrected chi connectivity index (χ2v) is 7.12. The standard InChI is InChI=1S/C21H25ClN2O2/c1-16-2-6-18(7-3-16)20(24-10-12-26-13-11-24)15-23-21(25)14-17-4-8-19(22)9-5-17/h2-9,20H,10-15H2,1H3,(H,23,25)/t20-/m1/s1. The monoisotopic (exact) mass is 372 g/mol. The van der Waals surface area contributed by atoms with Crippen molar-refractivity contribution in [3.05, 3.63) is 70.2 Å². The molecule has 1 aliphatic heterocycles. The molecule has 1 atom stereocenters. The number of morpholine rings is 1. The van der Waals surface area contributed by atoms with Crippen LogP contribution in [-0.2, 0) is 16.0 Å². The van der Waals surface area contributed by atoms with Crippen LogP contribution in [0.1, 0.15) is 22.7 Å². The maximum absolute atomic E-state index is 12.4. The zero-order valence-corrected chi connectivity index (χ0v) is 15.8. The van der Waals surface area contributed by atoms with Crippen LogP contribution in [0.25, 0.3) is 0 Å². The summed E-state index contributed by atoms with van der Waals surface area (Å²) in [5.41, 5.74) is 3.43. The van der Waals surface area contributed by atoms with Crippen LogP contribution in [-0.4, -0.2) is 43.7 Å². The zero-order chi connectivity index (χ0) is 18.4. The minimum Gasteiger partial charge on any atom is -0.379 e. The average molecular weight is 373 g/mol. The van der Waals surface area contributed by atoms with Gasteiger partial charge in [-0.15, -0.1) is 0 Å². The first-order chi connectivity index (χ1) is 12.6. The van der Waals surface area contributed by atoms with Crippen molar-refractivity contribution in [1.82, 2.24) is 10.2 Å². The molecule has 5 heteroatoms. The summed E-state index contributed by atoms with van der Waals surface area (Å²) in [6.07, 6.45) is 0.362. The number of ether oxygens (including phenoxy) is 1. The summed E-state index contributed by atoms with van der Waals surface area (Å²) in [7, 11) is 0. The fourth-order valence-corrected chi connectivity index (χ4v) is 3.32. The van der Waals surface area contributed by atoms with E-state index in [9.17, 15) is 4.79 Å². The van der Waals surface area contributed by atoms with Gasteiger partial charge in [-0.05, 0) is 30.2 Å². The Hall–Kier alpha value is -1.88. The van der Waals surface area contributed by atoms with Crippen molar-refractivity contribution in [2.75, 3.05) is 32.8 Å². The summed E-state index contributed by atoms with van der Waals surface area (Å²) >= 11 is 5.90. The van der Waals surface area contributed by atoms with E-state index in [1.54, 1.807) is 0 Å². The van der Waals surface area contributed by atoms with Crippen LogP contribution in [0, 0.1) is 6.92 Å². The number of carbonyl (C=O) groups is 1. The molecule has 0 spiro atoms. The molecule has 1 fully saturated rings. The van der Waals surface area contributed by atoms with Crippen molar-refractivity contribution in [1.29, 1.82) is 0 Å². The minimum atomic E-state index is 0.0256. The summed E-state index contributed by atoms with van der Waals surface area (Å²) < 4.78 is 5.48. The molecular weight excluding hydrogens is 348 g/mol. The molecule has 0 saturated carbocycles. The predicted octanol–water partition coefficient (Wildman–Crippen LogP) is 3.38. The molecule has 3 rings (SSSR count). The summed E-state index contributed by atoms with van der Waals surface area (Å²) in [5, 5.41) is 3.78. The van der Waals surface area contributed by atoms with Gasteiger partial charge in [-0.1, -0.05) is 53.6 Å². The Labute approximate surface area is 160 Å². The van der Waals surface area contributed by atoms with Crippen molar-refractivity contribution in [2.45, 2.75) is 19.4 Å². The Morgan fingerprint density at radius 1 is 1.12 bits per heavy atom. The summed E-state index contributed by atoms with van der Waals surface area (Å²) in [4.78, 5) is 14.8. The molecule has 0 bridgehead atoms. The predicted molar refractivity (Wildman–Crippen MR) is 104 cm³/mol. The summed E-state index contributed by atoms with van der Waals surface area (Å²) in [6, 6.07) is 16.1. The molecule has 1 aliphatic rings. The SMILES string of the molecule is Cc1ccc([C@@H](CNC(=O)Cc2ccc(Cl)cc2)N2CCOCC2)cc1. The van der Waals surface area contributed by atoms with Crippen LogP contribution in [0.4, 0.5) is 0 Å². The van der Waals surface area contributed by atoms with Gasteiger partial charge in [0.15, 0.2) is 0 Å². The molecule has 2 aromatic rings. The van der Waals surface area contributed by atoms with E-state index in [0.717, 1.165) is 31.9 Å². The van der Waals surface area contributed by atoms with Gasteiger partial charge < -0.3 is 10.1 Å². The lowest BCUT2D eigenvalue weighted by molar-refractivity contribution is -0.120. The molecule has 0 aliphatic carbocycles. The van der Waals surface area contributed by atoms with Crippen LogP contribution < -0.4 is 5.32 Å². The maximum atomic E-state index is 12.4. The number of aryl methyl sites for hydroxylation is 1. The highest BCUT2D eigenvalue weighted by Crippen LogP contribution is 2.22. The van der Waals surface area contributed by atoms with Crippen molar-refractivity contribution in [2.24, 2.45) is 0 Å². The second kappa shape index (κ2) is 9.17. The van der Waals surface area contributed by atoms with E-state index in [0.29, 0.717) is 18.0 Å². The van der Waals surface area contributed by atoms with Gasteiger partial charge in [-0.25, -0.2) is 0 Å². The topological polar surface area (TPSA) is 41.6 Å². The van der Waals surface area contributed by atoms with E-state index in [-0.39, 0.29) is 11.9 Å². The number of benzene rings is 2. The largest absolute Gasteiger partial charge is 0.379 e. The molecule has 2 aromatic carbocycles. The first-order valence-electron chi connectivity index (χ1n) is 9.01. The molecule has 1 N–H and O–H groups in total. The lowest BCUT2D eigenvalue weighted by atomic mass is 10.0. The van der Waals surface area contributed by atoms with Crippen molar-refractivity contribution >= 4 is 17.5 Å². The van der Waals surface area contributed by atoms with Crippen LogP contribution >= 0.6 is 11.6 Å². The van der Waals surface area contributed by atoms with Gasteiger partial charge in [0.05, 0.1) is 25.7 Å². The summed E-state index contributed by atoms with van der Waals surface area (Å²) in [5.74, 6) is 0.0256.